The third-order valence-corrected chi connectivity index (χ3v) is 4.92. The number of hydroxylamine groups is 2. The molecular formula is C19H31N5O6. The van der Waals surface area contributed by atoms with Gasteiger partial charge in [0, 0.05) is 6.54 Å². The van der Waals surface area contributed by atoms with Crippen LogP contribution in [0, 0.1) is 0 Å². The number of amides is 3. The Morgan fingerprint density at radius 2 is 2.13 bits per heavy atom. The molecule has 11 heteroatoms. The normalized spacial score (nSPS) is 22.4. The molecule has 168 valence electrons. The van der Waals surface area contributed by atoms with Crippen molar-refractivity contribution in [1.29, 1.82) is 0 Å². The van der Waals surface area contributed by atoms with E-state index in [9.17, 15) is 14.7 Å². The molecule has 0 radical (unpaired) electrons. The van der Waals surface area contributed by atoms with Crippen LogP contribution < -0.4 is 5.32 Å². The highest BCUT2D eigenvalue weighted by molar-refractivity contribution is 5.77. The second-order valence-corrected chi connectivity index (χ2v) is 8.57. The van der Waals surface area contributed by atoms with E-state index in [1.807, 2.05) is 0 Å². The zero-order chi connectivity index (χ0) is 21.9. The second kappa shape index (κ2) is 9.17. The van der Waals surface area contributed by atoms with Gasteiger partial charge in [0.05, 0.1) is 19.2 Å². The first kappa shape index (κ1) is 22.3. The fourth-order valence-corrected chi connectivity index (χ4v) is 3.46. The minimum Gasteiger partial charge on any atom is -0.444 e. The van der Waals surface area contributed by atoms with Crippen molar-refractivity contribution in [1.82, 2.24) is 25.5 Å². The molecule has 2 fully saturated rings. The summed E-state index contributed by atoms with van der Waals surface area (Å²) >= 11 is 0. The van der Waals surface area contributed by atoms with E-state index >= 15 is 0 Å². The van der Waals surface area contributed by atoms with Gasteiger partial charge in [-0.2, -0.15) is 5.06 Å². The Kier molecular flexibility index (Phi) is 6.81. The predicted octanol–water partition coefficient (Wildman–Crippen LogP) is 2.30. The van der Waals surface area contributed by atoms with Crippen molar-refractivity contribution in [3.63, 3.8) is 0 Å². The molecule has 2 aliphatic heterocycles. The lowest BCUT2D eigenvalue weighted by Gasteiger charge is -2.27. The van der Waals surface area contributed by atoms with Gasteiger partial charge in [0.25, 0.3) is 0 Å². The smallest absolute Gasteiger partial charge is 0.407 e. The minimum absolute atomic E-state index is 0.0223. The highest BCUT2D eigenvalue weighted by Gasteiger charge is 2.47. The van der Waals surface area contributed by atoms with E-state index in [0.29, 0.717) is 19.6 Å². The standard InChI is InChI=1S/C19H31N5O6/c1-5-6-9-28-24-12-7-8-13(23(11-12)18(24)27)15-21-22-16(29-15)14(25)10-20-17(26)30-19(2,3)4/h12-14,25H,5-11H2,1-4H3,(H,20,26)/t12-,13+,14?/m1/s1. The maximum atomic E-state index is 12.7. The van der Waals surface area contributed by atoms with E-state index < -0.39 is 17.8 Å². The molecule has 0 spiro atoms. The van der Waals surface area contributed by atoms with Gasteiger partial charge in [0.15, 0.2) is 0 Å². The van der Waals surface area contributed by atoms with Crippen molar-refractivity contribution in [2.24, 2.45) is 0 Å². The summed E-state index contributed by atoms with van der Waals surface area (Å²) in [4.78, 5) is 31.8. The number of urea groups is 1. The molecule has 2 bridgehead atoms. The van der Waals surface area contributed by atoms with Crippen LogP contribution in [-0.2, 0) is 9.57 Å². The minimum atomic E-state index is -1.18. The Morgan fingerprint density at radius 1 is 1.37 bits per heavy atom. The van der Waals surface area contributed by atoms with Gasteiger partial charge in [0.2, 0.25) is 11.8 Å². The Morgan fingerprint density at radius 3 is 2.83 bits per heavy atom. The number of nitrogens with one attached hydrogen (secondary N) is 1. The molecule has 2 saturated heterocycles. The zero-order valence-corrected chi connectivity index (χ0v) is 18.0. The van der Waals surface area contributed by atoms with Gasteiger partial charge in [-0.3, -0.25) is 4.84 Å². The molecule has 1 aromatic rings. The summed E-state index contributed by atoms with van der Waals surface area (Å²) in [5.74, 6) is 0.245. The lowest BCUT2D eigenvalue weighted by atomic mass is 10.0. The molecule has 1 aromatic heterocycles. The van der Waals surface area contributed by atoms with Crippen LogP contribution in [0.2, 0.25) is 0 Å². The van der Waals surface area contributed by atoms with Crippen molar-refractivity contribution in [3.05, 3.63) is 11.8 Å². The maximum Gasteiger partial charge on any atom is 0.407 e. The lowest BCUT2D eigenvalue weighted by Crippen LogP contribution is -2.35. The van der Waals surface area contributed by atoms with E-state index in [-0.39, 0.29) is 36.4 Å². The molecule has 2 aliphatic rings. The molecule has 0 saturated carbocycles. The predicted molar refractivity (Wildman–Crippen MR) is 104 cm³/mol. The average molecular weight is 425 g/mol. The number of aromatic nitrogens is 2. The number of aliphatic hydroxyl groups is 1. The first-order chi connectivity index (χ1) is 14.2. The van der Waals surface area contributed by atoms with E-state index in [2.05, 4.69) is 22.4 Å². The molecule has 3 atom stereocenters. The topological polar surface area (TPSA) is 130 Å². The van der Waals surface area contributed by atoms with Crippen LogP contribution in [0.5, 0.6) is 0 Å². The van der Waals surface area contributed by atoms with E-state index in [4.69, 9.17) is 14.0 Å². The Balaban J connectivity index is 1.57. The fraction of sp³-hybridized carbons (Fsp3) is 0.789. The van der Waals surface area contributed by atoms with Crippen LogP contribution in [0.15, 0.2) is 4.42 Å². The van der Waals surface area contributed by atoms with Crippen molar-refractivity contribution in [3.8, 4) is 0 Å². The molecule has 0 aliphatic carbocycles. The van der Waals surface area contributed by atoms with Gasteiger partial charge >= 0.3 is 12.1 Å². The Hall–Kier alpha value is -2.40. The summed E-state index contributed by atoms with van der Waals surface area (Å²) in [7, 11) is 0. The van der Waals surface area contributed by atoms with Gasteiger partial charge in [-0.05, 0) is 40.0 Å². The molecule has 3 heterocycles. The highest BCUT2D eigenvalue weighted by atomic mass is 16.7. The van der Waals surface area contributed by atoms with E-state index in [1.165, 1.54) is 5.06 Å². The number of ether oxygens (including phenoxy) is 1. The van der Waals surface area contributed by atoms with Crippen molar-refractivity contribution >= 4 is 12.1 Å². The molecule has 3 amide bonds. The van der Waals surface area contributed by atoms with Gasteiger partial charge in [-0.1, -0.05) is 13.3 Å². The van der Waals surface area contributed by atoms with Crippen molar-refractivity contribution < 1.29 is 28.7 Å². The second-order valence-electron chi connectivity index (χ2n) is 8.57. The number of alkyl carbamates (subject to hydrolysis) is 1. The van der Waals surface area contributed by atoms with Crippen LogP contribution in [0.1, 0.15) is 77.3 Å². The summed E-state index contributed by atoms with van der Waals surface area (Å²) in [6.07, 6.45) is 1.48. The molecular weight excluding hydrogens is 394 g/mol. The monoisotopic (exact) mass is 425 g/mol. The summed E-state index contributed by atoms with van der Waals surface area (Å²) < 4.78 is 10.8. The van der Waals surface area contributed by atoms with Crippen LogP contribution >= 0.6 is 0 Å². The van der Waals surface area contributed by atoms with Crippen LogP contribution in [0.25, 0.3) is 0 Å². The van der Waals surface area contributed by atoms with E-state index in [0.717, 1.165) is 19.3 Å². The zero-order valence-electron chi connectivity index (χ0n) is 18.0. The number of fused-ring (bicyclic) bond motifs is 2. The van der Waals surface area contributed by atoms with Gasteiger partial charge in [-0.15, -0.1) is 10.2 Å². The van der Waals surface area contributed by atoms with Crippen molar-refractivity contribution in [2.45, 2.75) is 77.2 Å². The average Bonchev–Trinajstić information content (AvgIpc) is 3.25. The summed E-state index contributed by atoms with van der Waals surface area (Å²) in [6.45, 7) is 8.23. The van der Waals surface area contributed by atoms with Gasteiger partial charge in [0.1, 0.15) is 17.7 Å². The van der Waals surface area contributed by atoms with Crippen LogP contribution in [-0.4, -0.2) is 68.7 Å². The quantitative estimate of drug-likeness (QED) is 0.607. The van der Waals surface area contributed by atoms with Gasteiger partial charge in [-0.25, -0.2) is 9.59 Å². The SMILES string of the molecule is CCCCON1C(=O)N2C[C@H]1CC[C@H]2c1nnc(C(O)CNC(=O)OC(C)(C)C)o1. The number of unbranched alkanes of at least 4 members (excludes halogenated alkanes) is 1. The largest absolute Gasteiger partial charge is 0.444 e. The third kappa shape index (κ3) is 5.20. The molecule has 11 nitrogen and oxygen atoms in total. The summed E-state index contributed by atoms with van der Waals surface area (Å²) in [5, 5.41) is 22.1. The molecule has 2 N–H and O–H groups in total. The number of hydrogen-bond acceptors (Lipinski definition) is 8. The molecule has 30 heavy (non-hydrogen) atoms. The molecule has 0 aromatic carbocycles. The van der Waals surface area contributed by atoms with Crippen LogP contribution in [0.3, 0.4) is 0 Å². The lowest BCUT2D eigenvalue weighted by molar-refractivity contribution is -0.130. The van der Waals surface area contributed by atoms with Crippen LogP contribution in [0.4, 0.5) is 9.59 Å². The number of carbonyl (C=O) groups excluding carboxylic acids is 2. The first-order valence-electron chi connectivity index (χ1n) is 10.4. The number of nitrogens with zero attached hydrogens (tertiary/aromatic N) is 4. The number of carbonyl (C=O) groups is 2. The van der Waals surface area contributed by atoms with Gasteiger partial charge < -0.3 is 24.5 Å². The third-order valence-electron chi connectivity index (χ3n) is 4.92. The fourth-order valence-electron chi connectivity index (χ4n) is 3.46. The Labute approximate surface area is 175 Å². The molecule has 1 unspecified atom stereocenters. The first-order valence-corrected chi connectivity index (χ1v) is 10.4. The van der Waals surface area contributed by atoms with Crippen molar-refractivity contribution in [2.75, 3.05) is 19.7 Å². The molecule has 3 rings (SSSR count). The summed E-state index contributed by atoms with van der Waals surface area (Å²) in [5.41, 5.74) is -0.637. The number of rotatable bonds is 8. The highest BCUT2D eigenvalue weighted by Crippen LogP contribution is 2.38. The Bertz CT molecular complexity index is 748. The maximum absolute atomic E-state index is 12.7. The number of piperidine rings is 1. The summed E-state index contributed by atoms with van der Waals surface area (Å²) in [6, 6.07) is -0.539. The van der Waals surface area contributed by atoms with E-state index in [1.54, 1.807) is 25.7 Å². The number of hydrogen-bond donors (Lipinski definition) is 2. The number of aliphatic hydroxyl groups excluding tert-OH is 1.